The normalized spacial score (nSPS) is 13.1. The maximum absolute atomic E-state index is 14.2. The van der Waals surface area contributed by atoms with Crippen molar-refractivity contribution < 1.29 is 33.4 Å². The molecular weight excluding hydrogens is 492 g/mol. The molecule has 1 aromatic rings. The Hall–Kier alpha value is -3.63. The molecule has 0 heterocycles. The SMILES string of the molecule is CCC(C)(C)N(C(=O)C(CC(N)=O)NC(=O)OC(C)(C)C)C(C(=O)NCC(=O)OC)c1ccc(C)cc1C. The summed E-state index contributed by atoms with van der Waals surface area (Å²) in [6.07, 6.45) is -1.01. The number of alkyl carbamates (subject to hydrolysis) is 1. The number of nitrogens with two attached hydrogens (primary N) is 1. The van der Waals surface area contributed by atoms with Gasteiger partial charge in [-0.2, -0.15) is 0 Å². The van der Waals surface area contributed by atoms with Gasteiger partial charge in [0.1, 0.15) is 24.2 Å². The second-order valence-electron chi connectivity index (χ2n) is 10.8. The predicted molar refractivity (Wildman–Crippen MR) is 142 cm³/mol. The molecule has 0 aliphatic rings. The first-order valence-corrected chi connectivity index (χ1v) is 12.5. The van der Waals surface area contributed by atoms with E-state index in [1.54, 1.807) is 40.7 Å². The molecule has 4 amide bonds. The summed E-state index contributed by atoms with van der Waals surface area (Å²) in [5.74, 6) is -2.83. The zero-order valence-electron chi connectivity index (χ0n) is 23.9. The Morgan fingerprint density at radius 3 is 2.13 bits per heavy atom. The summed E-state index contributed by atoms with van der Waals surface area (Å²) in [4.78, 5) is 65.4. The zero-order chi connectivity index (χ0) is 29.4. The molecule has 0 spiro atoms. The second kappa shape index (κ2) is 13.3. The average molecular weight is 535 g/mol. The Labute approximate surface area is 224 Å². The van der Waals surface area contributed by atoms with Crippen LogP contribution < -0.4 is 16.4 Å². The Morgan fingerprint density at radius 2 is 1.66 bits per heavy atom. The number of benzene rings is 1. The number of aryl methyl sites for hydroxylation is 2. The van der Waals surface area contributed by atoms with Gasteiger partial charge in [-0.05, 0) is 66.0 Å². The Morgan fingerprint density at radius 1 is 1.05 bits per heavy atom. The molecule has 1 rings (SSSR count). The maximum atomic E-state index is 14.2. The van der Waals surface area contributed by atoms with Crippen LogP contribution in [0.25, 0.3) is 0 Å². The summed E-state index contributed by atoms with van der Waals surface area (Å²) in [6.45, 7) is 13.7. The highest BCUT2D eigenvalue weighted by Crippen LogP contribution is 2.34. The third-order valence-electron chi connectivity index (χ3n) is 6.01. The van der Waals surface area contributed by atoms with Crippen LogP contribution in [0.5, 0.6) is 0 Å². The Balaban J connectivity index is 3.71. The summed E-state index contributed by atoms with van der Waals surface area (Å²) < 4.78 is 9.93. The summed E-state index contributed by atoms with van der Waals surface area (Å²) in [6, 6.07) is 2.80. The molecule has 2 atom stereocenters. The Bertz CT molecular complexity index is 1050. The molecule has 11 heteroatoms. The molecule has 0 aliphatic carbocycles. The monoisotopic (exact) mass is 534 g/mol. The fraction of sp³-hybridized carbons (Fsp3) is 0.593. The molecule has 38 heavy (non-hydrogen) atoms. The van der Waals surface area contributed by atoms with Gasteiger partial charge < -0.3 is 30.7 Å². The fourth-order valence-electron chi connectivity index (χ4n) is 3.82. The first-order valence-electron chi connectivity index (χ1n) is 12.5. The van der Waals surface area contributed by atoms with Crippen LogP contribution in [-0.4, -0.2) is 65.5 Å². The van der Waals surface area contributed by atoms with E-state index in [0.717, 1.165) is 11.1 Å². The zero-order valence-corrected chi connectivity index (χ0v) is 23.9. The van der Waals surface area contributed by atoms with Crippen LogP contribution in [0.4, 0.5) is 4.79 Å². The number of hydrogen-bond donors (Lipinski definition) is 3. The van der Waals surface area contributed by atoms with Crippen LogP contribution in [-0.2, 0) is 28.7 Å². The number of nitrogens with one attached hydrogen (secondary N) is 2. The summed E-state index contributed by atoms with van der Waals surface area (Å²) >= 11 is 0. The van der Waals surface area contributed by atoms with Gasteiger partial charge in [-0.1, -0.05) is 30.7 Å². The van der Waals surface area contributed by atoms with Crippen molar-refractivity contribution in [1.29, 1.82) is 0 Å². The molecule has 0 radical (unpaired) electrons. The van der Waals surface area contributed by atoms with Crippen molar-refractivity contribution in [2.75, 3.05) is 13.7 Å². The van der Waals surface area contributed by atoms with Crippen molar-refractivity contribution in [1.82, 2.24) is 15.5 Å². The smallest absolute Gasteiger partial charge is 0.408 e. The molecule has 0 aromatic heterocycles. The molecule has 0 bridgehead atoms. The van der Waals surface area contributed by atoms with E-state index >= 15 is 0 Å². The van der Waals surface area contributed by atoms with Crippen molar-refractivity contribution in [3.63, 3.8) is 0 Å². The lowest BCUT2D eigenvalue weighted by Gasteiger charge is -2.44. The molecular formula is C27H42N4O7. The average Bonchev–Trinajstić information content (AvgIpc) is 2.78. The van der Waals surface area contributed by atoms with E-state index in [1.807, 2.05) is 32.9 Å². The molecule has 0 fully saturated rings. The highest BCUT2D eigenvalue weighted by molar-refractivity contribution is 5.95. The summed E-state index contributed by atoms with van der Waals surface area (Å²) in [5, 5.41) is 5.00. The third kappa shape index (κ3) is 9.35. The minimum atomic E-state index is -1.41. The van der Waals surface area contributed by atoms with Gasteiger partial charge in [-0.3, -0.25) is 19.2 Å². The fourth-order valence-corrected chi connectivity index (χ4v) is 3.82. The number of primary amides is 1. The van der Waals surface area contributed by atoms with E-state index < -0.39 is 66.0 Å². The number of ether oxygens (including phenoxy) is 2. The Kier molecular flexibility index (Phi) is 11.3. The van der Waals surface area contributed by atoms with E-state index in [9.17, 15) is 24.0 Å². The standard InChI is InChI=1S/C27H42N4O7/c1-10-27(7,8)31(24(35)19(14-20(28)32)30-25(36)38-26(4,5)6)22(23(34)29-15-21(33)37-9)18-12-11-16(2)13-17(18)3/h11-13,19,22H,10,14-15H2,1-9H3,(H2,28,32)(H,29,34)(H,30,36). The van der Waals surface area contributed by atoms with Gasteiger partial charge in [0.25, 0.3) is 0 Å². The van der Waals surface area contributed by atoms with Gasteiger partial charge in [0.05, 0.1) is 13.5 Å². The van der Waals surface area contributed by atoms with Crippen LogP contribution in [0.2, 0.25) is 0 Å². The highest BCUT2D eigenvalue weighted by atomic mass is 16.6. The van der Waals surface area contributed by atoms with Crippen molar-refractivity contribution in [2.45, 2.75) is 91.5 Å². The van der Waals surface area contributed by atoms with Crippen molar-refractivity contribution in [3.05, 3.63) is 34.9 Å². The number of esters is 1. The number of carbonyl (C=O) groups is 5. The first kappa shape index (κ1) is 32.4. The van der Waals surface area contributed by atoms with E-state index in [4.69, 9.17) is 10.5 Å². The van der Waals surface area contributed by atoms with Crippen LogP contribution in [0.15, 0.2) is 18.2 Å². The number of carbonyl (C=O) groups excluding carboxylic acids is 5. The van der Waals surface area contributed by atoms with E-state index in [1.165, 1.54) is 12.0 Å². The number of hydrogen-bond acceptors (Lipinski definition) is 7. The molecule has 2 unspecified atom stereocenters. The van der Waals surface area contributed by atoms with E-state index in [2.05, 4.69) is 15.4 Å². The minimum Gasteiger partial charge on any atom is -0.468 e. The largest absolute Gasteiger partial charge is 0.468 e. The van der Waals surface area contributed by atoms with Gasteiger partial charge in [0, 0.05) is 5.54 Å². The molecule has 0 saturated heterocycles. The van der Waals surface area contributed by atoms with Crippen LogP contribution in [0, 0.1) is 13.8 Å². The molecule has 0 aliphatic heterocycles. The van der Waals surface area contributed by atoms with Crippen LogP contribution >= 0.6 is 0 Å². The molecule has 0 saturated carbocycles. The van der Waals surface area contributed by atoms with Gasteiger partial charge in [-0.25, -0.2) is 4.79 Å². The maximum Gasteiger partial charge on any atom is 0.408 e. The lowest BCUT2D eigenvalue weighted by atomic mass is 9.89. The third-order valence-corrected chi connectivity index (χ3v) is 6.01. The first-order chi connectivity index (χ1) is 17.4. The summed E-state index contributed by atoms with van der Waals surface area (Å²) in [5.41, 5.74) is 5.83. The minimum absolute atomic E-state index is 0.411. The number of amides is 4. The van der Waals surface area contributed by atoms with E-state index in [0.29, 0.717) is 12.0 Å². The highest BCUT2D eigenvalue weighted by Gasteiger charge is 2.44. The molecule has 1 aromatic carbocycles. The van der Waals surface area contributed by atoms with Crippen LogP contribution in [0.3, 0.4) is 0 Å². The van der Waals surface area contributed by atoms with Crippen molar-refractivity contribution in [2.24, 2.45) is 5.73 Å². The number of rotatable bonds is 11. The lowest BCUT2D eigenvalue weighted by molar-refractivity contribution is -0.150. The van der Waals surface area contributed by atoms with E-state index in [-0.39, 0.29) is 0 Å². The predicted octanol–water partition coefficient (Wildman–Crippen LogP) is 2.42. The quantitative estimate of drug-likeness (QED) is 0.368. The van der Waals surface area contributed by atoms with Gasteiger partial charge in [-0.15, -0.1) is 0 Å². The van der Waals surface area contributed by atoms with Crippen LogP contribution in [0.1, 0.15) is 77.1 Å². The number of nitrogens with zero attached hydrogens (tertiary/aromatic N) is 1. The molecule has 11 nitrogen and oxygen atoms in total. The number of methoxy groups -OCH3 is 1. The van der Waals surface area contributed by atoms with Gasteiger partial charge in [0.2, 0.25) is 17.7 Å². The van der Waals surface area contributed by atoms with Gasteiger partial charge in [0.15, 0.2) is 0 Å². The topological polar surface area (TPSA) is 157 Å². The lowest BCUT2D eigenvalue weighted by Crippen LogP contribution is -2.60. The van der Waals surface area contributed by atoms with Crippen molar-refractivity contribution >= 4 is 29.8 Å². The second-order valence-corrected chi connectivity index (χ2v) is 10.8. The van der Waals surface area contributed by atoms with Crippen molar-refractivity contribution in [3.8, 4) is 0 Å². The summed E-state index contributed by atoms with van der Waals surface area (Å²) in [7, 11) is 1.20. The van der Waals surface area contributed by atoms with Gasteiger partial charge >= 0.3 is 12.1 Å². The molecule has 212 valence electrons. The molecule has 4 N–H and O–H groups in total.